The Morgan fingerprint density at radius 3 is 2.85 bits per heavy atom. The van der Waals surface area contributed by atoms with Gasteiger partial charge >= 0.3 is 0 Å². The molecule has 4 heteroatoms. The van der Waals surface area contributed by atoms with E-state index in [1.807, 2.05) is 24.3 Å². The van der Waals surface area contributed by atoms with Crippen molar-refractivity contribution in [3.8, 4) is 11.9 Å². The van der Waals surface area contributed by atoms with E-state index in [1.54, 1.807) is 6.20 Å². The van der Waals surface area contributed by atoms with Gasteiger partial charge in [-0.15, -0.1) is 0 Å². The average Bonchev–Trinajstić information content (AvgIpc) is 2.49. The molecule has 20 heavy (non-hydrogen) atoms. The van der Waals surface area contributed by atoms with E-state index in [-0.39, 0.29) is 6.10 Å². The van der Waals surface area contributed by atoms with Gasteiger partial charge in [0.15, 0.2) is 0 Å². The van der Waals surface area contributed by atoms with E-state index in [0.717, 1.165) is 36.7 Å². The van der Waals surface area contributed by atoms with Crippen molar-refractivity contribution in [3.63, 3.8) is 0 Å². The number of aromatic nitrogens is 1. The van der Waals surface area contributed by atoms with Gasteiger partial charge in [0.25, 0.3) is 0 Å². The summed E-state index contributed by atoms with van der Waals surface area (Å²) in [4.78, 5) is 6.64. The number of fused-ring (bicyclic) bond motifs is 1. The third-order valence-electron chi connectivity index (χ3n) is 3.82. The Morgan fingerprint density at radius 1 is 1.30 bits per heavy atom. The molecule has 0 atom stereocenters. The van der Waals surface area contributed by atoms with Crippen LogP contribution in [0.2, 0.25) is 0 Å². The topological polar surface area (TPSA) is 49.1 Å². The van der Waals surface area contributed by atoms with Gasteiger partial charge in [-0.2, -0.15) is 5.26 Å². The first-order chi connectivity index (χ1) is 9.78. The highest BCUT2D eigenvalue weighted by Gasteiger charge is 2.20. The zero-order chi connectivity index (χ0) is 13.9. The Balaban J connectivity index is 1.93. The predicted octanol–water partition coefficient (Wildman–Crippen LogP) is 2.58. The third kappa shape index (κ3) is 2.45. The van der Waals surface area contributed by atoms with Crippen LogP contribution in [0.4, 0.5) is 0 Å². The fourth-order valence-electron chi connectivity index (χ4n) is 2.64. The number of ether oxygens (including phenoxy) is 1. The normalized spacial score (nSPS) is 17.0. The number of hydrogen-bond acceptors (Lipinski definition) is 4. The number of benzene rings is 1. The van der Waals surface area contributed by atoms with Gasteiger partial charge < -0.3 is 9.64 Å². The lowest BCUT2D eigenvalue weighted by molar-refractivity contribution is 0.111. The lowest BCUT2D eigenvalue weighted by atomic mass is 10.1. The minimum absolute atomic E-state index is 0.191. The summed E-state index contributed by atoms with van der Waals surface area (Å²) in [6.07, 6.45) is 3.94. The van der Waals surface area contributed by atoms with Crippen LogP contribution in [0.5, 0.6) is 5.88 Å². The maximum atomic E-state index is 9.26. The van der Waals surface area contributed by atoms with E-state index >= 15 is 0 Å². The quantitative estimate of drug-likeness (QED) is 0.839. The fourth-order valence-corrected chi connectivity index (χ4v) is 2.64. The minimum atomic E-state index is 0.191. The molecule has 0 amide bonds. The summed E-state index contributed by atoms with van der Waals surface area (Å²) in [6, 6.07) is 9.83. The van der Waals surface area contributed by atoms with Crippen LogP contribution >= 0.6 is 0 Å². The molecule has 102 valence electrons. The van der Waals surface area contributed by atoms with Crippen LogP contribution in [0.1, 0.15) is 18.4 Å². The number of hydrogen-bond donors (Lipinski definition) is 0. The van der Waals surface area contributed by atoms with Crippen LogP contribution < -0.4 is 4.74 Å². The van der Waals surface area contributed by atoms with Crippen molar-refractivity contribution in [2.45, 2.75) is 18.9 Å². The molecule has 2 heterocycles. The third-order valence-corrected chi connectivity index (χ3v) is 3.82. The molecule has 1 aliphatic heterocycles. The number of likely N-dealkylation sites (tertiary alicyclic amines) is 1. The van der Waals surface area contributed by atoms with Crippen LogP contribution in [-0.4, -0.2) is 36.1 Å². The van der Waals surface area contributed by atoms with E-state index in [2.05, 4.69) is 23.0 Å². The van der Waals surface area contributed by atoms with Gasteiger partial charge in [0.05, 0.1) is 17.0 Å². The van der Waals surface area contributed by atoms with Gasteiger partial charge in [-0.1, -0.05) is 12.1 Å². The van der Waals surface area contributed by atoms with Crippen molar-refractivity contribution < 1.29 is 4.74 Å². The smallest absolute Gasteiger partial charge is 0.222 e. The Morgan fingerprint density at radius 2 is 2.10 bits per heavy atom. The largest absolute Gasteiger partial charge is 0.474 e. The van der Waals surface area contributed by atoms with E-state index in [4.69, 9.17) is 4.74 Å². The van der Waals surface area contributed by atoms with E-state index in [0.29, 0.717) is 11.4 Å². The first kappa shape index (κ1) is 12.9. The van der Waals surface area contributed by atoms with Crippen LogP contribution in [0, 0.1) is 11.3 Å². The first-order valence-corrected chi connectivity index (χ1v) is 6.91. The molecule has 0 radical (unpaired) electrons. The molecule has 1 aromatic carbocycles. The number of pyridine rings is 1. The van der Waals surface area contributed by atoms with E-state index in [9.17, 15) is 5.26 Å². The average molecular weight is 267 g/mol. The molecule has 3 rings (SSSR count). The standard InChI is InChI=1S/C16H17N3O/c1-19-9-6-14(7-10-19)20-16-15-12(5-8-18-16)3-2-4-13(15)11-17/h2-5,8,14H,6-7,9-10H2,1H3. The Bertz CT molecular complexity index is 649. The van der Waals surface area contributed by atoms with Crippen LogP contribution in [-0.2, 0) is 0 Å². The molecule has 0 bridgehead atoms. The minimum Gasteiger partial charge on any atom is -0.474 e. The number of piperidine rings is 1. The maximum Gasteiger partial charge on any atom is 0.222 e. The van der Waals surface area contributed by atoms with Crippen molar-refractivity contribution in [1.82, 2.24) is 9.88 Å². The number of nitrogens with zero attached hydrogens (tertiary/aromatic N) is 3. The number of nitriles is 1. The molecule has 2 aromatic rings. The fraction of sp³-hybridized carbons (Fsp3) is 0.375. The van der Waals surface area contributed by atoms with E-state index < -0.39 is 0 Å². The predicted molar refractivity (Wildman–Crippen MR) is 77.6 cm³/mol. The zero-order valence-corrected chi connectivity index (χ0v) is 11.5. The van der Waals surface area contributed by atoms with Crippen molar-refractivity contribution in [2.75, 3.05) is 20.1 Å². The summed E-state index contributed by atoms with van der Waals surface area (Å²) in [5.41, 5.74) is 0.624. The molecule has 0 spiro atoms. The lowest BCUT2D eigenvalue weighted by Crippen LogP contribution is -2.35. The number of rotatable bonds is 2. The zero-order valence-electron chi connectivity index (χ0n) is 11.5. The maximum absolute atomic E-state index is 9.26. The highest BCUT2D eigenvalue weighted by molar-refractivity contribution is 5.91. The summed E-state index contributed by atoms with van der Waals surface area (Å²) in [6.45, 7) is 2.08. The van der Waals surface area contributed by atoms with Crippen LogP contribution in [0.15, 0.2) is 30.5 Å². The van der Waals surface area contributed by atoms with Crippen molar-refractivity contribution >= 4 is 10.8 Å². The molecule has 0 unspecified atom stereocenters. The molecule has 1 aliphatic rings. The summed E-state index contributed by atoms with van der Waals surface area (Å²) in [5.74, 6) is 0.592. The van der Waals surface area contributed by atoms with Crippen LogP contribution in [0.25, 0.3) is 10.8 Å². The van der Waals surface area contributed by atoms with Crippen molar-refractivity contribution in [2.24, 2.45) is 0 Å². The van der Waals surface area contributed by atoms with Gasteiger partial charge in [-0.05, 0) is 37.4 Å². The summed E-state index contributed by atoms with van der Waals surface area (Å²) >= 11 is 0. The summed E-state index contributed by atoms with van der Waals surface area (Å²) < 4.78 is 6.07. The monoisotopic (exact) mass is 267 g/mol. The van der Waals surface area contributed by atoms with Gasteiger partial charge in [-0.3, -0.25) is 0 Å². The second kappa shape index (κ2) is 5.48. The second-order valence-corrected chi connectivity index (χ2v) is 5.25. The van der Waals surface area contributed by atoms with Crippen molar-refractivity contribution in [1.29, 1.82) is 5.26 Å². The molecule has 1 saturated heterocycles. The highest BCUT2D eigenvalue weighted by atomic mass is 16.5. The Labute approximate surface area is 118 Å². The van der Waals surface area contributed by atoms with Crippen LogP contribution in [0.3, 0.4) is 0 Å². The summed E-state index contributed by atoms with van der Waals surface area (Å²) in [5, 5.41) is 11.1. The Kier molecular flexibility index (Phi) is 3.53. The highest BCUT2D eigenvalue weighted by Crippen LogP contribution is 2.28. The molecule has 0 N–H and O–H groups in total. The van der Waals surface area contributed by atoms with E-state index in [1.165, 1.54) is 0 Å². The van der Waals surface area contributed by atoms with Gasteiger partial charge in [0.2, 0.25) is 5.88 Å². The Hall–Kier alpha value is -2.12. The van der Waals surface area contributed by atoms with Crippen molar-refractivity contribution in [3.05, 3.63) is 36.0 Å². The molecule has 0 aliphatic carbocycles. The molecular weight excluding hydrogens is 250 g/mol. The SMILES string of the molecule is CN1CCC(Oc2nccc3cccc(C#N)c23)CC1. The molecule has 1 aromatic heterocycles. The molecule has 4 nitrogen and oxygen atoms in total. The second-order valence-electron chi connectivity index (χ2n) is 5.25. The van der Waals surface area contributed by atoms with Gasteiger partial charge in [0, 0.05) is 19.3 Å². The first-order valence-electron chi connectivity index (χ1n) is 6.91. The van der Waals surface area contributed by atoms with Gasteiger partial charge in [-0.25, -0.2) is 4.98 Å². The van der Waals surface area contributed by atoms with Gasteiger partial charge in [0.1, 0.15) is 6.10 Å². The molecule has 1 fully saturated rings. The summed E-state index contributed by atoms with van der Waals surface area (Å²) in [7, 11) is 2.13. The molecular formula is C16H17N3O. The lowest BCUT2D eigenvalue weighted by Gasteiger charge is -2.29. The molecule has 0 saturated carbocycles.